The number of hydrogen-bond donors (Lipinski definition) is 1. The van der Waals surface area contributed by atoms with Crippen molar-refractivity contribution >= 4 is 21.8 Å². The molecule has 0 saturated heterocycles. The quantitative estimate of drug-likeness (QED) is 0.787. The van der Waals surface area contributed by atoms with Crippen molar-refractivity contribution in [3.8, 4) is 5.82 Å². The molecule has 0 aromatic carbocycles. The maximum Gasteiger partial charge on any atom is 0.287 e. The largest absolute Gasteiger partial charge is 0.444 e. The summed E-state index contributed by atoms with van der Waals surface area (Å²) in [5.74, 6) is 0.779. The molecule has 0 aliphatic heterocycles. The van der Waals surface area contributed by atoms with Crippen LogP contribution in [0.25, 0.3) is 5.82 Å². The van der Waals surface area contributed by atoms with Gasteiger partial charge >= 0.3 is 0 Å². The number of aromatic nitrogens is 3. The number of halogens is 1. The van der Waals surface area contributed by atoms with Crippen molar-refractivity contribution in [3.05, 3.63) is 65.2 Å². The molecule has 3 rings (SSSR count). The fraction of sp³-hybridized carbons (Fsp3) is 0.0714. The summed E-state index contributed by atoms with van der Waals surface area (Å²) in [6.45, 7) is 0.383. The molecule has 3 heterocycles. The van der Waals surface area contributed by atoms with E-state index in [1.54, 1.807) is 30.9 Å². The van der Waals surface area contributed by atoms with Crippen molar-refractivity contribution < 1.29 is 9.21 Å². The number of amides is 1. The van der Waals surface area contributed by atoms with E-state index in [2.05, 4.69) is 31.2 Å². The van der Waals surface area contributed by atoms with E-state index in [0.717, 1.165) is 11.4 Å². The average Bonchev–Trinajstić information content (AvgIpc) is 3.16. The standard InChI is InChI=1S/C14H11BrN4O2/c15-12-3-2-11(21-12)14(20)18-8-10-1-4-13(17-7-10)19-6-5-16-9-19/h1-7,9H,8H2,(H,18,20). The number of pyridine rings is 1. The van der Waals surface area contributed by atoms with Gasteiger partial charge in [-0.25, -0.2) is 9.97 Å². The van der Waals surface area contributed by atoms with Crippen LogP contribution >= 0.6 is 15.9 Å². The predicted octanol–water partition coefficient (Wildman–Crippen LogP) is 2.55. The molecular formula is C14H11BrN4O2. The Hall–Kier alpha value is -2.41. The summed E-state index contributed by atoms with van der Waals surface area (Å²) < 4.78 is 7.52. The molecule has 0 radical (unpaired) electrons. The van der Waals surface area contributed by atoms with Crippen LogP contribution in [0.3, 0.4) is 0 Å². The third kappa shape index (κ3) is 3.19. The Labute approximate surface area is 129 Å². The molecule has 1 N–H and O–H groups in total. The first-order valence-electron chi connectivity index (χ1n) is 6.19. The highest BCUT2D eigenvalue weighted by Gasteiger charge is 2.09. The number of hydrogen-bond acceptors (Lipinski definition) is 4. The van der Waals surface area contributed by atoms with Crippen molar-refractivity contribution in [1.82, 2.24) is 19.9 Å². The molecule has 0 spiro atoms. The van der Waals surface area contributed by atoms with E-state index in [9.17, 15) is 4.79 Å². The summed E-state index contributed by atoms with van der Waals surface area (Å²) in [7, 11) is 0. The molecule has 6 nitrogen and oxygen atoms in total. The fourth-order valence-electron chi connectivity index (χ4n) is 1.77. The van der Waals surface area contributed by atoms with E-state index in [0.29, 0.717) is 11.2 Å². The van der Waals surface area contributed by atoms with Gasteiger partial charge in [-0.2, -0.15) is 0 Å². The highest BCUT2D eigenvalue weighted by Crippen LogP contribution is 2.14. The third-order valence-corrected chi connectivity index (χ3v) is 3.25. The SMILES string of the molecule is O=C(NCc1ccc(-n2ccnc2)nc1)c1ccc(Br)o1. The molecule has 0 saturated carbocycles. The van der Waals surface area contributed by atoms with E-state index in [1.165, 1.54) is 0 Å². The summed E-state index contributed by atoms with van der Waals surface area (Å²) >= 11 is 3.16. The molecule has 3 aromatic heterocycles. The topological polar surface area (TPSA) is 73.0 Å². The number of carbonyl (C=O) groups is 1. The van der Waals surface area contributed by atoms with Crippen LogP contribution in [0.1, 0.15) is 16.1 Å². The van der Waals surface area contributed by atoms with Gasteiger partial charge in [-0.3, -0.25) is 9.36 Å². The summed E-state index contributed by atoms with van der Waals surface area (Å²) in [5, 5.41) is 2.77. The Morgan fingerprint density at radius 1 is 1.33 bits per heavy atom. The van der Waals surface area contributed by atoms with Gasteiger partial charge in [0.15, 0.2) is 10.4 Å². The number of furan rings is 1. The molecule has 0 bridgehead atoms. The molecule has 0 aliphatic carbocycles. The Morgan fingerprint density at radius 3 is 2.86 bits per heavy atom. The van der Waals surface area contributed by atoms with Gasteiger partial charge < -0.3 is 9.73 Å². The first kappa shape index (κ1) is 13.6. The average molecular weight is 347 g/mol. The van der Waals surface area contributed by atoms with E-state index in [4.69, 9.17) is 4.42 Å². The maximum absolute atomic E-state index is 11.8. The Kier molecular flexibility index (Phi) is 3.83. The van der Waals surface area contributed by atoms with Crippen molar-refractivity contribution in [2.24, 2.45) is 0 Å². The van der Waals surface area contributed by atoms with Crippen molar-refractivity contribution in [2.45, 2.75) is 6.54 Å². The van der Waals surface area contributed by atoms with Crippen LogP contribution in [0.2, 0.25) is 0 Å². The van der Waals surface area contributed by atoms with Crippen molar-refractivity contribution in [3.63, 3.8) is 0 Å². The lowest BCUT2D eigenvalue weighted by Gasteiger charge is -2.05. The number of carbonyl (C=O) groups excluding carboxylic acids is 1. The first-order valence-corrected chi connectivity index (χ1v) is 6.98. The van der Waals surface area contributed by atoms with E-state index >= 15 is 0 Å². The van der Waals surface area contributed by atoms with Crippen LogP contribution in [0.15, 0.2) is 58.3 Å². The molecule has 0 atom stereocenters. The minimum absolute atomic E-state index is 0.264. The van der Waals surface area contributed by atoms with Crippen LogP contribution in [-0.4, -0.2) is 20.4 Å². The molecular weight excluding hydrogens is 336 g/mol. The van der Waals surface area contributed by atoms with Crippen molar-refractivity contribution in [1.29, 1.82) is 0 Å². The molecule has 21 heavy (non-hydrogen) atoms. The molecule has 0 unspecified atom stereocenters. The van der Waals surface area contributed by atoms with Gasteiger partial charge in [-0.1, -0.05) is 6.07 Å². The van der Waals surface area contributed by atoms with E-state index in [-0.39, 0.29) is 11.7 Å². The summed E-state index contributed by atoms with van der Waals surface area (Å²) in [4.78, 5) is 20.1. The Morgan fingerprint density at radius 2 is 2.24 bits per heavy atom. The molecule has 0 fully saturated rings. The van der Waals surface area contributed by atoms with E-state index < -0.39 is 0 Å². The lowest BCUT2D eigenvalue weighted by atomic mass is 10.2. The first-order chi connectivity index (χ1) is 10.2. The second-order valence-electron chi connectivity index (χ2n) is 4.28. The van der Waals surface area contributed by atoms with Crippen LogP contribution in [0.4, 0.5) is 0 Å². The van der Waals surface area contributed by atoms with Gasteiger partial charge in [0.2, 0.25) is 0 Å². The van der Waals surface area contributed by atoms with Gasteiger partial charge in [0.1, 0.15) is 12.1 Å². The highest BCUT2D eigenvalue weighted by molar-refractivity contribution is 9.10. The molecule has 3 aromatic rings. The molecule has 1 amide bonds. The number of nitrogens with one attached hydrogen (secondary N) is 1. The third-order valence-electron chi connectivity index (χ3n) is 2.83. The summed E-state index contributed by atoms with van der Waals surface area (Å²) in [5.41, 5.74) is 0.901. The van der Waals surface area contributed by atoms with Crippen molar-refractivity contribution in [2.75, 3.05) is 0 Å². The minimum atomic E-state index is -0.264. The van der Waals surface area contributed by atoms with Crippen LogP contribution in [-0.2, 0) is 6.54 Å². The van der Waals surface area contributed by atoms with Crippen LogP contribution in [0, 0.1) is 0 Å². The summed E-state index contributed by atoms with van der Waals surface area (Å²) in [6.07, 6.45) is 6.90. The fourth-order valence-corrected chi connectivity index (χ4v) is 2.08. The Balaban J connectivity index is 1.62. The lowest BCUT2D eigenvalue weighted by molar-refractivity contribution is 0.0922. The minimum Gasteiger partial charge on any atom is -0.444 e. The van der Waals surface area contributed by atoms with Gasteiger partial charge in [-0.05, 0) is 39.7 Å². The normalized spacial score (nSPS) is 10.5. The van der Waals surface area contributed by atoms with Gasteiger partial charge in [0, 0.05) is 25.1 Å². The summed E-state index contributed by atoms with van der Waals surface area (Å²) in [6, 6.07) is 7.06. The zero-order valence-corrected chi connectivity index (χ0v) is 12.4. The lowest BCUT2D eigenvalue weighted by Crippen LogP contribution is -2.22. The number of imidazole rings is 1. The predicted molar refractivity (Wildman–Crippen MR) is 78.9 cm³/mol. The second kappa shape index (κ2) is 5.92. The van der Waals surface area contributed by atoms with Gasteiger partial charge in [0.25, 0.3) is 5.91 Å². The van der Waals surface area contributed by atoms with Gasteiger partial charge in [0.05, 0.1) is 0 Å². The molecule has 7 heteroatoms. The van der Waals surface area contributed by atoms with Crippen LogP contribution < -0.4 is 5.32 Å². The Bertz CT molecular complexity index is 735. The number of rotatable bonds is 4. The number of nitrogens with zero attached hydrogens (tertiary/aromatic N) is 3. The van der Waals surface area contributed by atoms with E-state index in [1.807, 2.05) is 22.9 Å². The molecule has 0 aliphatic rings. The second-order valence-corrected chi connectivity index (χ2v) is 5.06. The zero-order valence-electron chi connectivity index (χ0n) is 10.9. The smallest absolute Gasteiger partial charge is 0.287 e. The molecule has 106 valence electrons. The maximum atomic E-state index is 11.8. The zero-order chi connectivity index (χ0) is 14.7. The van der Waals surface area contributed by atoms with Crippen LogP contribution in [0.5, 0.6) is 0 Å². The van der Waals surface area contributed by atoms with Gasteiger partial charge in [-0.15, -0.1) is 0 Å². The highest BCUT2D eigenvalue weighted by atomic mass is 79.9. The monoisotopic (exact) mass is 346 g/mol.